The van der Waals surface area contributed by atoms with E-state index < -0.39 is 0 Å². The third-order valence-electron chi connectivity index (χ3n) is 2.10. The molecule has 0 fully saturated rings. The maximum atomic E-state index is 5.83. The average molecular weight is 248 g/mol. The molecule has 2 rings (SSSR count). The number of nitrogens with zero attached hydrogens (tertiary/aromatic N) is 5. The number of hydrogen-bond acceptors (Lipinski definition) is 4. The molecule has 0 atom stereocenters. The summed E-state index contributed by atoms with van der Waals surface area (Å²) >= 11 is 5.83. The lowest BCUT2D eigenvalue weighted by molar-refractivity contribution is 0.935. The molecule has 0 radical (unpaired) electrons. The molecule has 0 amide bonds. The summed E-state index contributed by atoms with van der Waals surface area (Å²) < 4.78 is 1.57. The van der Waals surface area contributed by atoms with Crippen LogP contribution in [0.1, 0.15) is 6.92 Å². The first-order valence-corrected chi connectivity index (χ1v) is 5.30. The van der Waals surface area contributed by atoms with Gasteiger partial charge in [0.1, 0.15) is 11.5 Å². The minimum absolute atomic E-state index is 0.382. The van der Waals surface area contributed by atoms with Crippen molar-refractivity contribution in [1.29, 1.82) is 0 Å². The maximum Gasteiger partial charge on any atom is 0.164 e. The van der Waals surface area contributed by atoms with Crippen LogP contribution in [0.5, 0.6) is 0 Å². The second kappa shape index (κ2) is 4.88. The van der Waals surface area contributed by atoms with E-state index in [1.165, 1.54) is 6.33 Å². The highest BCUT2D eigenvalue weighted by Gasteiger charge is 2.11. The topological polar surface area (TPSA) is 56.0 Å². The van der Waals surface area contributed by atoms with Crippen molar-refractivity contribution in [2.75, 3.05) is 0 Å². The number of rotatable bonds is 3. The Morgan fingerprint density at radius 2 is 2.29 bits per heavy atom. The highest BCUT2D eigenvalue weighted by atomic mass is 35.5. The van der Waals surface area contributed by atoms with E-state index in [1.54, 1.807) is 29.4 Å². The van der Waals surface area contributed by atoms with Crippen LogP contribution in [-0.2, 0) is 0 Å². The Hall–Kier alpha value is -2.01. The molecule has 0 unspecified atom stereocenters. The van der Waals surface area contributed by atoms with Crippen LogP contribution in [0.3, 0.4) is 0 Å². The summed E-state index contributed by atoms with van der Waals surface area (Å²) in [5, 5.41) is 4.52. The molecular weight excluding hydrogens is 238 g/mol. The van der Waals surface area contributed by atoms with Crippen LogP contribution in [0.15, 0.2) is 30.2 Å². The van der Waals surface area contributed by atoms with Crippen molar-refractivity contribution >= 4 is 29.8 Å². The van der Waals surface area contributed by atoms with E-state index in [9.17, 15) is 0 Å². The van der Waals surface area contributed by atoms with Gasteiger partial charge in [0.15, 0.2) is 5.82 Å². The smallest absolute Gasteiger partial charge is 0.164 e. The van der Waals surface area contributed by atoms with Gasteiger partial charge in [-0.15, -0.1) is 0 Å². The molecule has 2 heterocycles. The molecule has 17 heavy (non-hydrogen) atoms. The van der Waals surface area contributed by atoms with E-state index in [-0.39, 0.29) is 0 Å². The first kappa shape index (κ1) is 11.5. The van der Waals surface area contributed by atoms with Crippen LogP contribution in [0, 0.1) is 0 Å². The van der Waals surface area contributed by atoms with Crippen LogP contribution < -0.4 is 0 Å². The van der Waals surface area contributed by atoms with Gasteiger partial charge in [-0.1, -0.05) is 18.2 Å². The molecule has 0 spiro atoms. The Morgan fingerprint density at radius 1 is 1.47 bits per heavy atom. The van der Waals surface area contributed by atoms with E-state index >= 15 is 0 Å². The molecule has 6 heteroatoms. The van der Waals surface area contributed by atoms with Crippen LogP contribution in [-0.4, -0.2) is 26.0 Å². The van der Waals surface area contributed by atoms with Gasteiger partial charge < -0.3 is 0 Å². The first-order valence-electron chi connectivity index (χ1n) is 4.93. The Bertz CT molecular complexity index is 573. The van der Waals surface area contributed by atoms with E-state index in [1.807, 2.05) is 6.92 Å². The fourth-order valence-corrected chi connectivity index (χ4v) is 1.55. The summed E-state index contributed by atoms with van der Waals surface area (Å²) in [5.74, 6) is 0.664. The molecule has 0 aromatic carbocycles. The first-order chi connectivity index (χ1) is 8.26. The van der Waals surface area contributed by atoms with Gasteiger partial charge in [0.25, 0.3) is 0 Å². The monoisotopic (exact) mass is 247 g/mol. The molecule has 0 bridgehead atoms. The summed E-state index contributed by atoms with van der Waals surface area (Å²) in [6.45, 7) is 5.50. The van der Waals surface area contributed by atoms with Crippen LogP contribution >= 0.6 is 11.6 Å². The summed E-state index contributed by atoms with van der Waals surface area (Å²) in [6.07, 6.45) is 6.34. The molecule has 2 aromatic heterocycles. The van der Waals surface area contributed by atoms with Crippen LogP contribution in [0.25, 0.3) is 17.5 Å². The van der Waals surface area contributed by atoms with Gasteiger partial charge in [-0.2, -0.15) is 5.10 Å². The molecule has 0 aliphatic carbocycles. The SMILES string of the molecule is C=Cn1ncc(-c2cc(Cl)ncn2)c1/N=C\C. The average Bonchev–Trinajstić information content (AvgIpc) is 2.72. The van der Waals surface area contributed by atoms with E-state index in [0.29, 0.717) is 16.7 Å². The normalized spacial score (nSPS) is 10.9. The number of halogens is 1. The van der Waals surface area contributed by atoms with Gasteiger partial charge in [-0.3, -0.25) is 0 Å². The lowest BCUT2D eigenvalue weighted by Gasteiger charge is -2.00. The maximum absolute atomic E-state index is 5.83. The summed E-state index contributed by atoms with van der Waals surface area (Å²) in [7, 11) is 0. The highest BCUT2D eigenvalue weighted by Crippen LogP contribution is 2.29. The molecule has 2 aromatic rings. The van der Waals surface area contributed by atoms with Crippen LogP contribution in [0.2, 0.25) is 5.15 Å². The lowest BCUT2D eigenvalue weighted by atomic mass is 10.2. The predicted molar refractivity (Wildman–Crippen MR) is 68.5 cm³/mol. The Kier molecular flexibility index (Phi) is 3.30. The van der Waals surface area contributed by atoms with E-state index in [0.717, 1.165) is 5.56 Å². The van der Waals surface area contributed by atoms with Gasteiger partial charge >= 0.3 is 0 Å². The molecule has 86 valence electrons. The van der Waals surface area contributed by atoms with E-state index in [2.05, 4.69) is 26.6 Å². The minimum Gasteiger partial charge on any atom is -0.241 e. The molecule has 0 N–H and O–H groups in total. The van der Waals surface area contributed by atoms with Crippen LogP contribution in [0.4, 0.5) is 5.82 Å². The summed E-state index contributed by atoms with van der Waals surface area (Å²) in [4.78, 5) is 12.2. The Labute approximate surface area is 104 Å². The molecule has 5 nitrogen and oxygen atoms in total. The number of aliphatic imine (C=N–C) groups is 1. The molecular formula is C11H10ClN5. The third-order valence-corrected chi connectivity index (χ3v) is 2.31. The zero-order valence-corrected chi connectivity index (χ0v) is 9.96. The Morgan fingerprint density at radius 3 is 2.94 bits per heavy atom. The predicted octanol–water partition coefficient (Wildman–Crippen LogP) is 2.82. The third kappa shape index (κ3) is 2.24. The number of hydrogen-bond donors (Lipinski definition) is 0. The van der Waals surface area contributed by atoms with Crippen molar-refractivity contribution in [3.63, 3.8) is 0 Å². The zero-order chi connectivity index (χ0) is 12.3. The highest BCUT2D eigenvalue weighted by molar-refractivity contribution is 6.29. The van der Waals surface area contributed by atoms with Gasteiger partial charge in [0, 0.05) is 18.5 Å². The molecule has 0 aliphatic rings. The fraction of sp³-hybridized carbons (Fsp3) is 0.0909. The molecule has 0 saturated carbocycles. The van der Waals surface area contributed by atoms with Crippen molar-refractivity contribution in [2.45, 2.75) is 6.92 Å². The fourth-order valence-electron chi connectivity index (χ4n) is 1.40. The quantitative estimate of drug-likeness (QED) is 0.619. The largest absolute Gasteiger partial charge is 0.241 e. The second-order valence-electron chi connectivity index (χ2n) is 3.12. The standard InChI is InChI=1S/C11H10ClN5/c1-3-13-11-8(6-16-17(11)4-2)9-5-10(12)15-7-14-9/h3-7H,2H2,1H3/b13-3-. The van der Waals surface area contributed by atoms with Gasteiger partial charge in [0.05, 0.1) is 17.5 Å². The molecule has 0 aliphatic heterocycles. The zero-order valence-electron chi connectivity index (χ0n) is 9.21. The van der Waals surface area contributed by atoms with Crippen molar-refractivity contribution in [2.24, 2.45) is 4.99 Å². The lowest BCUT2D eigenvalue weighted by Crippen LogP contribution is -1.88. The Balaban J connectivity index is 2.59. The molecule has 0 saturated heterocycles. The van der Waals surface area contributed by atoms with Crippen molar-refractivity contribution in [1.82, 2.24) is 19.7 Å². The van der Waals surface area contributed by atoms with Gasteiger partial charge in [-0.05, 0) is 6.92 Å². The van der Waals surface area contributed by atoms with E-state index in [4.69, 9.17) is 11.6 Å². The summed E-state index contributed by atoms with van der Waals surface area (Å²) in [5.41, 5.74) is 1.46. The number of aromatic nitrogens is 4. The van der Waals surface area contributed by atoms with Crippen molar-refractivity contribution in [3.05, 3.63) is 30.3 Å². The van der Waals surface area contributed by atoms with Gasteiger partial charge in [0.2, 0.25) is 0 Å². The second-order valence-corrected chi connectivity index (χ2v) is 3.51. The van der Waals surface area contributed by atoms with Crippen molar-refractivity contribution < 1.29 is 0 Å². The minimum atomic E-state index is 0.382. The van der Waals surface area contributed by atoms with Crippen molar-refractivity contribution in [3.8, 4) is 11.3 Å². The van der Waals surface area contributed by atoms with Gasteiger partial charge in [-0.25, -0.2) is 19.6 Å². The summed E-state index contributed by atoms with van der Waals surface area (Å²) in [6, 6.07) is 1.67.